The zero-order valence-corrected chi connectivity index (χ0v) is 9.16. The topological polar surface area (TPSA) is 53.1 Å². The highest BCUT2D eigenvalue weighted by Gasteiger charge is 2.07. The Kier molecular flexibility index (Phi) is 2.79. The van der Waals surface area contributed by atoms with E-state index in [-0.39, 0.29) is 0 Å². The lowest BCUT2D eigenvalue weighted by Crippen LogP contribution is -2.07. The second-order valence-corrected chi connectivity index (χ2v) is 3.68. The van der Waals surface area contributed by atoms with Gasteiger partial charge in [-0.15, -0.1) is 0 Å². The standard InChI is InChI=1S/C10H12ClN3O/c1-15-5-4-14-9-6-7(11)2-3-8(9)13-10(14)12/h2-3,6H,4-5H2,1H3,(H2,12,13). The summed E-state index contributed by atoms with van der Waals surface area (Å²) >= 11 is 5.92. The van der Waals surface area contributed by atoms with Crippen molar-refractivity contribution in [1.29, 1.82) is 0 Å². The minimum Gasteiger partial charge on any atom is -0.383 e. The van der Waals surface area contributed by atoms with Crippen LogP contribution < -0.4 is 5.73 Å². The predicted molar refractivity (Wildman–Crippen MR) is 61.0 cm³/mol. The molecule has 0 unspecified atom stereocenters. The molecule has 2 N–H and O–H groups in total. The van der Waals surface area contributed by atoms with E-state index in [9.17, 15) is 0 Å². The molecular formula is C10H12ClN3O. The third kappa shape index (κ3) is 1.91. The number of nitrogens with two attached hydrogens (primary N) is 1. The molecule has 0 spiro atoms. The Balaban J connectivity index is 2.50. The maximum Gasteiger partial charge on any atom is 0.201 e. The molecule has 2 rings (SSSR count). The van der Waals surface area contributed by atoms with Crippen molar-refractivity contribution in [2.75, 3.05) is 19.5 Å². The van der Waals surface area contributed by atoms with E-state index in [1.54, 1.807) is 13.2 Å². The summed E-state index contributed by atoms with van der Waals surface area (Å²) in [5, 5.41) is 0.682. The molecule has 4 nitrogen and oxygen atoms in total. The maximum absolute atomic E-state index is 5.92. The number of benzene rings is 1. The van der Waals surface area contributed by atoms with E-state index in [0.717, 1.165) is 11.0 Å². The van der Waals surface area contributed by atoms with Crippen molar-refractivity contribution in [3.05, 3.63) is 23.2 Å². The Labute approximate surface area is 92.6 Å². The van der Waals surface area contributed by atoms with E-state index in [2.05, 4.69) is 4.98 Å². The fourth-order valence-corrected chi connectivity index (χ4v) is 1.70. The van der Waals surface area contributed by atoms with Gasteiger partial charge >= 0.3 is 0 Å². The maximum atomic E-state index is 5.92. The molecule has 0 aliphatic carbocycles. The van der Waals surface area contributed by atoms with Gasteiger partial charge in [-0.25, -0.2) is 4.98 Å². The summed E-state index contributed by atoms with van der Waals surface area (Å²) < 4.78 is 6.91. The molecule has 80 valence electrons. The van der Waals surface area contributed by atoms with Gasteiger partial charge in [0.15, 0.2) is 0 Å². The van der Waals surface area contributed by atoms with Crippen LogP contribution in [-0.4, -0.2) is 23.3 Å². The first-order valence-electron chi connectivity index (χ1n) is 4.62. The normalized spacial score (nSPS) is 11.1. The summed E-state index contributed by atoms with van der Waals surface area (Å²) in [5.41, 5.74) is 7.59. The minimum absolute atomic E-state index is 0.490. The van der Waals surface area contributed by atoms with Crippen LogP contribution in [0.25, 0.3) is 11.0 Å². The molecular weight excluding hydrogens is 214 g/mol. The van der Waals surface area contributed by atoms with Gasteiger partial charge in [0.2, 0.25) is 5.95 Å². The second kappa shape index (κ2) is 4.08. The smallest absolute Gasteiger partial charge is 0.201 e. The Hall–Kier alpha value is -1.26. The van der Waals surface area contributed by atoms with Gasteiger partial charge in [-0.3, -0.25) is 0 Å². The number of imidazole rings is 1. The number of fused-ring (bicyclic) bond motifs is 1. The lowest BCUT2D eigenvalue weighted by atomic mass is 10.3. The third-order valence-electron chi connectivity index (χ3n) is 2.26. The molecule has 2 aromatic rings. The first-order chi connectivity index (χ1) is 7.22. The molecule has 5 heteroatoms. The fraction of sp³-hybridized carbons (Fsp3) is 0.300. The van der Waals surface area contributed by atoms with Crippen LogP contribution in [-0.2, 0) is 11.3 Å². The largest absolute Gasteiger partial charge is 0.383 e. The quantitative estimate of drug-likeness (QED) is 0.868. The fourth-order valence-electron chi connectivity index (χ4n) is 1.53. The van der Waals surface area contributed by atoms with Gasteiger partial charge in [-0.1, -0.05) is 11.6 Å². The molecule has 0 radical (unpaired) electrons. The van der Waals surface area contributed by atoms with Gasteiger partial charge in [0.1, 0.15) is 0 Å². The van der Waals surface area contributed by atoms with E-state index in [0.29, 0.717) is 24.1 Å². The monoisotopic (exact) mass is 225 g/mol. The number of ether oxygens (including phenoxy) is 1. The Bertz CT molecular complexity index is 481. The molecule has 0 aliphatic heterocycles. The number of aromatic nitrogens is 2. The van der Waals surface area contributed by atoms with E-state index < -0.39 is 0 Å². The van der Waals surface area contributed by atoms with Crippen molar-refractivity contribution in [3.8, 4) is 0 Å². The van der Waals surface area contributed by atoms with Gasteiger partial charge in [0, 0.05) is 18.7 Å². The number of rotatable bonds is 3. The molecule has 0 fully saturated rings. The number of nitrogens with zero attached hydrogens (tertiary/aromatic N) is 2. The van der Waals surface area contributed by atoms with Crippen LogP contribution in [0.15, 0.2) is 18.2 Å². The van der Waals surface area contributed by atoms with Crippen LogP contribution in [0.4, 0.5) is 5.95 Å². The van der Waals surface area contributed by atoms with Gasteiger partial charge in [0.25, 0.3) is 0 Å². The number of methoxy groups -OCH3 is 1. The zero-order chi connectivity index (χ0) is 10.8. The highest BCUT2D eigenvalue weighted by Crippen LogP contribution is 2.21. The van der Waals surface area contributed by atoms with Gasteiger partial charge < -0.3 is 15.0 Å². The van der Waals surface area contributed by atoms with Gasteiger partial charge in [0.05, 0.1) is 17.6 Å². The summed E-state index contributed by atoms with van der Waals surface area (Å²) in [6.45, 7) is 1.28. The Morgan fingerprint density at radius 2 is 2.33 bits per heavy atom. The molecule has 0 saturated heterocycles. The van der Waals surface area contributed by atoms with Crippen molar-refractivity contribution in [2.45, 2.75) is 6.54 Å². The van der Waals surface area contributed by atoms with Crippen LogP contribution in [0.2, 0.25) is 5.02 Å². The van der Waals surface area contributed by atoms with Crippen LogP contribution in [0.1, 0.15) is 0 Å². The SMILES string of the molecule is COCCn1c(N)nc2ccc(Cl)cc21. The molecule has 0 amide bonds. The molecule has 0 aliphatic rings. The van der Waals surface area contributed by atoms with Crippen LogP contribution >= 0.6 is 11.6 Å². The van der Waals surface area contributed by atoms with Crippen molar-refractivity contribution in [2.24, 2.45) is 0 Å². The highest BCUT2D eigenvalue weighted by molar-refractivity contribution is 6.31. The third-order valence-corrected chi connectivity index (χ3v) is 2.49. The first kappa shape index (κ1) is 10.3. The number of halogens is 1. The molecule has 1 heterocycles. The second-order valence-electron chi connectivity index (χ2n) is 3.25. The van der Waals surface area contributed by atoms with Crippen LogP contribution in [0, 0.1) is 0 Å². The summed E-state index contributed by atoms with van der Waals surface area (Å²) in [5.74, 6) is 0.490. The summed E-state index contributed by atoms with van der Waals surface area (Å²) in [4.78, 5) is 4.23. The van der Waals surface area contributed by atoms with Gasteiger partial charge in [-0.05, 0) is 18.2 Å². The summed E-state index contributed by atoms with van der Waals surface area (Å²) in [7, 11) is 1.66. The Morgan fingerprint density at radius 1 is 1.53 bits per heavy atom. The minimum atomic E-state index is 0.490. The lowest BCUT2D eigenvalue weighted by Gasteiger charge is -2.04. The number of nitrogen functional groups attached to an aromatic ring is 1. The van der Waals surface area contributed by atoms with Crippen LogP contribution in [0.3, 0.4) is 0 Å². The number of hydrogen-bond acceptors (Lipinski definition) is 3. The highest BCUT2D eigenvalue weighted by atomic mass is 35.5. The molecule has 0 bridgehead atoms. The van der Waals surface area contributed by atoms with Crippen molar-refractivity contribution in [1.82, 2.24) is 9.55 Å². The van der Waals surface area contributed by atoms with Gasteiger partial charge in [-0.2, -0.15) is 0 Å². The molecule has 1 aromatic heterocycles. The molecule has 1 aromatic carbocycles. The molecule has 0 saturated carbocycles. The van der Waals surface area contributed by atoms with E-state index in [4.69, 9.17) is 22.1 Å². The van der Waals surface area contributed by atoms with Crippen LogP contribution in [0.5, 0.6) is 0 Å². The summed E-state index contributed by atoms with van der Waals surface area (Å²) in [6.07, 6.45) is 0. The van der Waals surface area contributed by atoms with E-state index in [1.807, 2.05) is 16.7 Å². The zero-order valence-electron chi connectivity index (χ0n) is 8.40. The Morgan fingerprint density at radius 3 is 3.07 bits per heavy atom. The number of anilines is 1. The van der Waals surface area contributed by atoms with Crippen molar-refractivity contribution >= 4 is 28.6 Å². The van der Waals surface area contributed by atoms with Crippen molar-refractivity contribution in [3.63, 3.8) is 0 Å². The number of hydrogen-bond donors (Lipinski definition) is 1. The van der Waals surface area contributed by atoms with E-state index in [1.165, 1.54) is 0 Å². The predicted octanol–water partition coefficient (Wildman–Crippen LogP) is 1.92. The first-order valence-corrected chi connectivity index (χ1v) is 5.00. The summed E-state index contributed by atoms with van der Waals surface area (Å²) in [6, 6.07) is 5.52. The average Bonchev–Trinajstić information content (AvgIpc) is 2.51. The average molecular weight is 226 g/mol. The van der Waals surface area contributed by atoms with E-state index >= 15 is 0 Å². The molecule has 0 atom stereocenters. The van der Waals surface area contributed by atoms with Crippen molar-refractivity contribution < 1.29 is 4.74 Å². The lowest BCUT2D eigenvalue weighted by molar-refractivity contribution is 0.189. The molecule has 15 heavy (non-hydrogen) atoms.